The summed E-state index contributed by atoms with van der Waals surface area (Å²) in [5.41, 5.74) is 4.33. The van der Waals surface area contributed by atoms with Gasteiger partial charge in [0.15, 0.2) is 0 Å². The molecular weight excluding hydrogens is 324 g/mol. The van der Waals surface area contributed by atoms with Gasteiger partial charge in [0.2, 0.25) is 5.91 Å². The van der Waals surface area contributed by atoms with Gasteiger partial charge in [-0.25, -0.2) is 0 Å². The Kier molecular flexibility index (Phi) is 5.40. The Morgan fingerprint density at radius 3 is 2.50 bits per heavy atom. The second kappa shape index (κ2) is 7.73. The molecule has 0 aliphatic carbocycles. The monoisotopic (exact) mass is 350 g/mol. The molecule has 1 aliphatic rings. The van der Waals surface area contributed by atoms with Gasteiger partial charge >= 0.3 is 0 Å². The van der Waals surface area contributed by atoms with Crippen molar-refractivity contribution in [1.82, 2.24) is 9.80 Å². The van der Waals surface area contributed by atoms with E-state index in [1.165, 1.54) is 21.6 Å². The minimum Gasteiger partial charge on any atom is -0.334 e. The van der Waals surface area contributed by atoms with E-state index < -0.39 is 0 Å². The molecule has 0 N–H and O–H groups in total. The first-order valence-electron chi connectivity index (χ1n) is 9.23. The van der Waals surface area contributed by atoms with Crippen LogP contribution in [0.2, 0.25) is 0 Å². The number of amides is 2. The van der Waals surface area contributed by atoms with Crippen LogP contribution in [0.25, 0.3) is 0 Å². The molecule has 136 valence electrons. The van der Waals surface area contributed by atoms with Gasteiger partial charge in [-0.15, -0.1) is 0 Å². The van der Waals surface area contributed by atoms with Crippen molar-refractivity contribution < 1.29 is 9.59 Å². The third-order valence-corrected chi connectivity index (χ3v) is 5.24. The number of hydrogen-bond donors (Lipinski definition) is 0. The van der Waals surface area contributed by atoms with Crippen LogP contribution in [-0.4, -0.2) is 41.8 Å². The number of fused-ring (bicyclic) bond motifs is 1. The van der Waals surface area contributed by atoms with Crippen molar-refractivity contribution in [2.24, 2.45) is 0 Å². The summed E-state index contributed by atoms with van der Waals surface area (Å²) in [6.45, 7) is 4.94. The molecule has 1 unspecified atom stereocenters. The summed E-state index contributed by atoms with van der Waals surface area (Å²) in [5.74, 6) is -0.126. The minimum atomic E-state index is -0.119. The average Bonchev–Trinajstić information content (AvgIpc) is 2.67. The highest BCUT2D eigenvalue weighted by Gasteiger charge is 2.28. The molecule has 0 saturated carbocycles. The summed E-state index contributed by atoms with van der Waals surface area (Å²) in [6, 6.07) is 15.9. The summed E-state index contributed by atoms with van der Waals surface area (Å²) >= 11 is 0. The summed E-state index contributed by atoms with van der Waals surface area (Å²) in [6.07, 6.45) is 1.81. The number of aryl methyl sites for hydroxylation is 1. The highest BCUT2D eigenvalue weighted by atomic mass is 16.2. The van der Waals surface area contributed by atoms with Crippen molar-refractivity contribution in [2.75, 3.05) is 20.1 Å². The fourth-order valence-corrected chi connectivity index (χ4v) is 3.58. The summed E-state index contributed by atoms with van der Waals surface area (Å²) in [4.78, 5) is 28.8. The number of rotatable bonds is 4. The molecule has 0 bridgehead atoms. The van der Waals surface area contributed by atoms with Crippen LogP contribution >= 0.6 is 0 Å². The molecule has 4 nitrogen and oxygen atoms in total. The molecule has 1 aliphatic heterocycles. The number of likely N-dealkylation sites (N-methyl/N-ethyl adjacent to an activating group) is 1. The maximum Gasteiger partial charge on any atom is 0.254 e. The molecule has 2 aromatic carbocycles. The Morgan fingerprint density at radius 1 is 1.12 bits per heavy atom. The van der Waals surface area contributed by atoms with Gasteiger partial charge in [-0.2, -0.15) is 0 Å². The van der Waals surface area contributed by atoms with Gasteiger partial charge in [-0.1, -0.05) is 43.3 Å². The first-order chi connectivity index (χ1) is 12.5. The largest absolute Gasteiger partial charge is 0.334 e. The fourth-order valence-electron chi connectivity index (χ4n) is 3.58. The minimum absolute atomic E-state index is 0.00645. The zero-order valence-electron chi connectivity index (χ0n) is 15.7. The SMILES string of the molecule is CCc1ccc(C(=O)N(C)CC(=O)N2CCc3ccccc3C2C)cc1. The van der Waals surface area contributed by atoms with Gasteiger partial charge in [0.1, 0.15) is 0 Å². The maximum atomic E-state index is 12.8. The second-order valence-electron chi connectivity index (χ2n) is 6.92. The molecule has 26 heavy (non-hydrogen) atoms. The average molecular weight is 350 g/mol. The van der Waals surface area contributed by atoms with Gasteiger partial charge in [-0.3, -0.25) is 9.59 Å². The van der Waals surface area contributed by atoms with Crippen LogP contribution in [0.3, 0.4) is 0 Å². The number of carbonyl (C=O) groups excluding carboxylic acids is 2. The molecule has 1 atom stereocenters. The third kappa shape index (κ3) is 3.64. The molecule has 2 amide bonds. The van der Waals surface area contributed by atoms with Crippen LogP contribution in [0.5, 0.6) is 0 Å². The molecular formula is C22H26N2O2. The van der Waals surface area contributed by atoms with Crippen LogP contribution in [0, 0.1) is 0 Å². The van der Waals surface area contributed by atoms with Crippen LogP contribution in [0.4, 0.5) is 0 Å². The number of carbonyl (C=O) groups is 2. The van der Waals surface area contributed by atoms with E-state index in [-0.39, 0.29) is 24.4 Å². The molecule has 3 rings (SSSR count). The highest BCUT2D eigenvalue weighted by Crippen LogP contribution is 2.29. The Hall–Kier alpha value is -2.62. The lowest BCUT2D eigenvalue weighted by Gasteiger charge is -2.36. The predicted octanol–water partition coefficient (Wildman–Crippen LogP) is 3.47. The van der Waals surface area contributed by atoms with Crippen molar-refractivity contribution >= 4 is 11.8 Å². The lowest BCUT2D eigenvalue weighted by Crippen LogP contribution is -2.45. The zero-order chi connectivity index (χ0) is 18.7. The van der Waals surface area contributed by atoms with Crippen molar-refractivity contribution in [3.63, 3.8) is 0 Å². The summed E-state index contributed by atoms with van der Waals surface area (Å²) < 4.78 is 0. The van der Waals surface area contributed by atoms with Gasteiger partial charge in [0.25, 0.3) is 5.91 Å². The second-order valence-corrected chi connectivity index (χ2v) is 6.92. The van der Waals surface area contributed by atoms with Crippen LogP contribution in [-0.2, 0) is 17.6 Å². The predicted molar refractivity (Wildman–Crippen MR) is 103 cm³/mol. The molecule has 0 spiro atoms. The zero-order valence-corrected chi connectivity index (χ0v) is 15.7. The molecule has 0 radical (unpaired) electrons. The third-order valence-electron chi connectivity index (χ3n) is 5.24. The molecule has 0 aromatic heterocycles. The number of nitrogens with zero attached hydrogens (tertiary/aromatic N) is 2. The quantitative estimate of drug-likeness (QED) is 0.847. The standard InChI is InChI=1S/C22H26N2O2/c1-4-17-9-11-19(12-10-17)22(26)23(3)15-21(25)24-14-13-18-7-5-6-8-20(18)16(24)2/h5-12,16H,4,13-15H2,1-3H3. The topological polar surface area (TPSA) is 40.6 Å². The molecule has 0 saturated heterocycles. The number of benzene rings is 2. The van der Waals surface area contributed by atoms with Crippen LogP contribution < -0.4 is 0 Å². The lowest BCUT2D eigenvalue weighted by atomic mass is 9.93. The van der Waals surface area contributed by atoms with Crippen molar-refractivity contribution in [3.8, 4) is 0 Å². The van der Waals surface area contributed by atoms with Crippen LogP contribution in [0.1, 0.15) is 46.9 Å². The Morgan fingerprint density at radius 2 is 1.81 bits per heavy atom. The van der Waals surface area contributed by atoms with Gasteiger partial charge < -0.3 is 9.80 Å². The lowest BCUT2D eigenvalue weighted by molar-refractivity contribution is -0.134. The van der Waals surface area contributed by atoms with Crippen molar-refractivity contribution in [2.45, 2.75) is 32.7 Å². The van der Waals surface area contributed by atoms with Gasteiger partial charge in [-0.05, 0) is 48.6 Å². The normalized spacial score (nSPS) is 16.1. The fraction of sp³-hybridized carbons (Fsp3) is 0.364. The summed E-state index contributed by atoms with van der Waals surface area (Å²) in [5, 5.41) is 0. The Balaban J connectivity index is 1.66. The van der Waals surface area contributed by atoms with E-state index in [2.05, 4.69) is 26.0 Å². The van der Waals surface area contributed by atoms with Gasteiger partial charge in [0.05, 0.1) is 12.6 Å². The van der Waals surface area contributed by atoms with E-state index in [1.54, 1.807) is 7.05 Å². The Bertz CT molecular complexity index is 798. The van der Waals surface area contributed by atoms with Gasteiger partial charge in [0, 0.05) is 19.2 Å². The maximum absolute atomic E-state index is 12.8. The van der Waals surface area contributed by atoms with E-state index in [1.807, 2.05) is 41.3 Å². The van der Waals surface area contributed by atoms with Crippen molar-refractivity contribution in [1.29, 1.82) is 0 Å². The van der Waals surface area contributed by atoms with E-state index >= 15 is 0 Å². The molecule has 0 fully saturated rings. The highest BCUT2D eigenvalue weighted by molar-refractivity contribution is 5.96. The van der Waals surface area contributed by atoms with E-state index in [0.717, 1.165) is 12.8 Å². The first-order valence-corrected chi connectivity index (χ1v) is 9.23. The van der Waals surface area contributed by atoms with E-state index in [0.29, 0.717) is 12.1 Å². The Labute approximate surface area is 155 Å². The smallest absolute Gasteiger partial charge is 0.254 e. The van der Waals surface area contributed by atoms with Crippen LogP contribution in [0.15, 0.2) is 48.5 Å². The molecule has 1 heterocycles. The van der Waals surface area contributed by atoms with E-state index in [9.17, 15) is 9.59 Å². The molecule has 4 heteroatoms. The number of hydrogen-bond acceptors (Lipinski definition) is 2. The first kappa shape index (κ1) is 18.2. The van der Waals surface area contributed by atoms with Crippen molar-refractivity contribution in [3.05, 3.63) is 70.8 Å². The summed E-state index contributed by atoms with van der Waals surface area (Å²) in [7, 11) is 1.69. The molecule has 2 aromatic rings. The van der Waals surface area contributed by atoms with E-state index in [4.69, 9.17) is 0 Å².